The standard InChI is InChI=1S/C12H13N3O4S2/c1-7-6-14-12(20-7)15-21(17,18)10-4-3-8(13)5-9(10)11(16)19-2/h3-6H,13H2,1-2H3,(H,14,15). The topological polar surface area (TPSA) is 111 Å². The van der Waals surface area contributed by atoms with Crippen molar-refractivity contribution in [2.75, 3.05) is 17.6 Å². The molecular weight excluding hydrogens is 314 g/mol. The fourth-order valence-corrected chi connectivity index (χ4v) is 3.71. The van der Waals surface area contributed by atoms with Gasteiger partial charge in [-0.05, 0) is 25.1 Å². The summed E-state index contributed by atoms with van der Waals surface area (Å²) < 4.78 is 31.6. The quantitative estimate of drug-likeness (QED) is 0.652. The summed E-state index contributed by atoms with van der Waals surface area (Å²) in [7, 11) is -2.79. The van der Waals surface area contributed by atoms with Gasteiger partial charge >= 0.3 is 5.97 Å². The summed E-state index contributed by atoms with van der Waals surface area (Å²) in [6.07, 6.45) is 1.55. The zero-order valence-electron chi connectivity index (χ0n) is 11.3. The summed E-state index contributed by atoms with van der Waals surface area (Å²) in [5.74, 6) is -0.780. The molecule has 0 amide bonds. The number of thiazole rings is 1. The van der Waals surface area contributed by atoms with Gasteiger partial charge in [0, 0.05) is 16.8 Å². The van der Waals surface area contributed by atoms with Gasteiger partial charge in [0.05, 0.1) is 12.7 Å². The number of methoxy groups -OCH3 is 1. The van der Waals surface area contributed by atoms with E-state index >= 15 is 0 Å². The van der Waals surface area contributed by atoms with Crippen LogP contribution >= 0.6 is 11.3 Å². The fourth-order valence-electron chi connectivity index (χ4n) is 1.62. The summed E-state index contributed by atoms with van der Waals surface area (Å²) in [4.78, 5) is 16.3. The van der Waals surface area contributed by atoms with Crippen molar-refractivity contribution in [2.24, 2.45) is 0 Å². The number of benzene rings is 1. The molecule has 2 rings (SSSR count). The van der Waals surface area contributed by atoms with Crippen LogP contribution in [0.1, 0.15) is 15.2 Å². The first-order valence-electron chi connectivity index (χ1n) is 5.76. The second kappa shape index (κ2) is 5.70. The van der Waals surface area contributed by atoms with Crippen LogP contribution in [0.4, 0.5) is 10.8 Å². The third-order valence-electron chi connectivity index (χ3n) is 2.54. The summed E-state index contributed by atoms with van der Waals surface area (Å²) in [6.45, 7) is 1.80. The van der Waals surface area contributed by atoms with E-state index in [2.05, 4.69) is 14.4 Å². The van der Waals surface area contributed by atoms with Crippen molar-refractivity contribution >= 4 is 38.1 Å². The maximum absolute atomic E-state index is 12.4. The third-order valence-corrected chi connectivity index (χ3v) is 4.90. The molecule has 1 aromatic heterocycles. The van der Waals surface area contributed by atoms with Crippen LogP contribution in [-0.2, 0) is 14.8 Å². The molecule has 0 saturated carbocycles. The SMILES string of the molecule is COC(=O)c1cc(N)ccc1S(=O)(=O)Nc1ncc(C)s1. The first kappa shape index (κ1) is 15.3. The molecule has 1 aromatic carbocycles. The molecule has 0 atom stereocenters. The number of aromatic nitrogens is 1. The van der Waals surface area contributed by atoms with Gasteiger partial charge in [-0.25, -0.2) is 18.2 Å². The molecule has 0 unspecified atom stereocenters. The van der Waals surface area contributed by atoms with Gasteiger partial charge < -0.3 is 10.5 Å². The summed E-state index contributed by atoms with van der Waals surface area (Å²) in [5.41, 5.74) is 5.72. The van der Waals surface area contributed by atoms with E-state index in [4.69, 9.17) is 5.73 Å². The average molecular weight is 327 g/mol. The number of esters is 1. The van der Waals surface area contributed by atoms with E-state index in [1.807, 2.05) is 0 Å². The van der Waals surface area contributed by atoms with Gasteiger partial charge in [-0.15, -0.1) is 11.3 Å². The molecule has 2 aromatic rings. The molecule has 0 radical (unpaired) electrons. The molecule has 0 aliphatic heterocycles. The highest BCUT2D eigenvalue weighted by Crippen LogP contribution is 2.24. The molecule has 21 heavy (non-hydrogen) atoms. The Morgan fingerprint density at radius 1 is 1.43 bits per heavy atom. The van der Waals surface area contributed by atoms with E-state index in [0.29, 0.717) is 0 Å². The van der Waals surface area contributed by atoms with Crippen molar-refractivity contribution in [3.63, 3.8) is 0 Å². The lowest BCUT2D eigenvalue weighted by atomic mass is 10.2. The number of nitrogens with zero attached hydrogens (tertiary/aromatic N) is 1. The second-order valence-corrected chi connectivity index (χ2v) is 7.01. The molecule has 0 saturated heterocycles. The number of aryl methyl sites for hydroxylation is 1. The van der Waals surface area contributed by atoms with Gasteiger partial charge in [0.15, 0.2) is 5.13 Å². The molecule has 7 nitrogen and oxygen atoms in total. The third kappa shape index (κ3) is 3.31. The number of sulfonamides is 1. The minimum atomic E-state index is -3.96. The fraction of sp³-hybridized carbons (Fsp3) is 0.167. The minimum absolute atomic E-state index is 0.127. The molecule has 0 spiro atoms. The Hall–Kier alpha value is -2.13. The number of rotatable bonds is 4. The Balaban J connectivity index is 2.46. The molecule has 0 fully saturated rings. The maximum atomic E-state index is 12.4. The summed E-state index contributed by atoms with van der Waals surface area (Å²) >= 11 is 1.19. The number of carbonyl (C=O) groups is 1. The number of nitrogens with one attached hydrogen (secondary N) is 1. The van der Waals surface area contributed by atoms with Crippen LogP contribution in [0.2, 0.25) is 0 Å². The Morgan fingerprint density at radius 2 is 2.14 bits per heavy atom. The predicted molar refractivity (Wildman–Crippen MR) is 79.9 cm³/mol. The van der Waals surface area contributed by atoms with Crippen LogP contribution in [0, 0.1) is 6.92 Å². The normalized spacial score (nSPS) is 11.1. The van der Waals surface area contributed by atoms with Crippen molar-refractivity contribution in [2.45, 2.75) is 11.8 Å². The number of carbonyl (C=O) groups excluding carboxylic acids is 1. The number of nitrogens with two attached hydrogens (primary N) is 1. The summed E-state index contributed by atoms with van der Waals surface area (Å²) in [6, 6.07) is 3.91. The first-order valence-corrected chi connectivity index (χ1v) is 8.06. The molecule has 0 aliphatic rings. The molecular formula is C12H13N3O4S2. The van der Waals surface area contributed by atoms with Crippen LogP contribution in [0.25, 0.3) is 0 Å². The van der Waals surface area contributed by atoms with Gasteiger partial charge in [0.1, 0.15) is 4.90 Å². The van der Waals surface area contributed by atoms with Gasteiger partial charge in [-0.3, -0.25) is 4.72 Å². The number of ether oxygens (including phenoxy) is 1. The Kier molecular flexibility index (Phi) is 4.14. The lowest BCUT2D eigenvalue weighted by Crippen LogP contribution is -2.17. The first-order chi connectivity index (χ1) is 9.83. The highest BCUT2D eigenvalue weighted by atomic mass is 32.2. The predicted octanol–water partition coefficient (Wildman–Crippen LogP) is 1.62. The number of hydrogen-bond donors (Lipinski definition) is 2. The minimum Gasteiger partial charge on any atom is -0.465 e. The maximum Gasteiger partial charge on any atom is 0.339 e. The van der Waals surface area contributed by atoms with Crippen molar-refractivity contribution in [3.8, 4) is 0 Å². The zero-order chi connectivity index (χ0) is 15.6. The summed E-state index contributed by atoms with van der Waals surface area (Å²) in [5, 5.41) is 0.222. The highest BCUT2D eigenvalue weighted by molar-refractivity contribution is 7.93. The van der Waals surface area contributed by atoms with E-state index in [1.54, 1.807) is 13.1 Å². The molecule has 112 valence electrons. The lowest BCUT2D eigenvalue weighted by Gasteiger charge is -2.10. The molecule has 0 aliphatic carbocycles. The lowest BCUT2D eigenvalue weighted by molar-refractivity contribution is 0.0596. The molecule has 0 bridgehead atoms. The molecule has 9 heteroatoms. The van der Waals surface area contributed by atoms with E-state index in [0.717, 1.165) is 4.88 Å². The Bertz CT molecular complexity index is 784. The number of anilines is 2. The van der Waals surface area contributed by atoms with Gasteiger partial charge in [0.25, 0.3) is 10.0 Å². The van der Waals surface area contributed by atoms with Crippen LogP contribution in [-0.4, -0.2) is 26.5 Å². The van der Waals surface area contributed by atoms with Crippen LogP contribution < -0.4 is 10.5 Å². The van der Waals surface area contributed by atoms with Gasteiger partial charge in [0.2, 0.25) is 0 Å². The monoisotopic (exact) mass is 327 g/mol. The van der Waals surface area contributed by atoms with Crippen molar-refractivity contribution < 1.29 is 17.9 Å². The van der Waals surface area contributed by atoms with E-state index < -0.39 is 16.0 Å². The Morgan fingerprint density at radius 3 is 2.71 bits per heavy atom. The van der Waals surface area contributed by atoms with Crippen LogP contribution in [0.3, 0.4) is 0 Å². The van der Waals surface area contributed by atoms with Crippen molar-refractivity contribution in [1.82, 2.24) is 4.98 Å². The number of hydrogen-bond acceptors (Lipinski definition) is 7. The van der Waals surface area contributed by atoms with Crippen molar-refractivity contribution in [1.29, 1.82) is 0 Å². The number of nitrogen functional groups attached to an aromatic ring is 1. The van der Waals surface area contributed by atoms with E-state index in [-0.39, 0.29) is 21.3 Å². The largest absolute Gasteiger partial charge is 0.465 e. The van der Waals surface area contributed by atoms with Gasteiger partial charge in [-0.1, -0.05) is 0 Å². The van der Waals surface area contributed by atoms with Crippen LogP contribution in [0.15, 0.2) is 29.3 Å². The van der Waals surface area contributed by atoms with E-state index in [1.165, 1.54) is 36.6 Å². The molecule has 1 heterocycles. The Labute approximate surface area is 125 Å². The van der Waals surface area contributed by atoms with Gasteiger partial charge in [-0.2, -0.15) is 0 Å². The molecule has 3 N–H and O–H groups in total. The van der Waals surface area contributed by atoms with Crippen molar-refractivity contribution in [3.05, 3.63) is 34.8 Å². The highest BCUT2D eigenvalue weighted by Gasteiger charge is 2.24. The average Bonchev–Trinajstić information content (AvgIpc) is 2.82. The van der Waals surface area contributed by atoms with Crippen LogP contribution in [0.5, 0.6) is 0 Å². The van der Waals surface area contributed by atoms with E-state index in [9.17, 15) is 13.2 Å². The second-order valence-electron chi connectivity index (χ2n) is 4.13. The zero-order valence-corrected chi connectivity index (χ0v) is 12.9. The smallest absolute Gasteiger partial charge is 0.339 e.